The van der Waals surface area contributed by atoms with Crippen LogP contribution in [0, 0.1) is 5.92 Å². The summed E-state index contributed by atoms with van der Waals surface area (Å²) < 4.78 is 5.47. The highest BCUT2D eigenvalue weighted by atomic mass is 16.5. The number of methoxy groups -OCH3 is 1. The number of rotatable bonds is 3. The van der Waals surface area contributed by atoms with Gasteiger partial charge in [0.15, 0.2) is 0 Å². The van der Waals surface area contributed by atoms with E-state index in [-0.39, 0.29) is 23.7 Å². The predicted octanol–water partition coefficient (Wildman–Crippen LogP) is 0.665. The zero-order valence-electron chi connectivity index (χ0n) is 13.6. The second-order valence-electron chi connectivity index (χ2n) is 6.20. The molecule has 1 aromatic carbocycles. The first-order valence-corrected chi connectivity index (χ1v) is 8.25. The SMILES string of the molecule is COC1CNCCC1C(=O)N1CCN(c2ccc(O)cc2)CC1. The van der Waals surface area contributed by atoms with Crippen molar-refractivity contribution < 1.29 is 14.6 Å². The number of aromatic hydroxyl groups is 1. The Kier molecular flexibility index (Phi) is 5.03. The van der Waals surface area contributed by atoms with Crippen molar-refractivity contribution in [3.8, 4) is 5.75 Å². The number of amides is 1. The Morgan fingerprint density at radius 1 is 1.22 bits per heavy atom. The molecule has 2 fully saturated rings. The molecule has 2 heterocycles. The van der Waals surface area contributed by atoms with Crippen LogP contribution in [0.5, 0.6) is 5.75 Å². The van der Waals surface area contributed by atoms with Crippen molar-refractivity contribution >= 4 is 11.6 Å². The molecule has 0 bridgehead atoms. The van der Waals surface area contributed by atoms with E-state index in [1.54, 1.807) is 19.2 Å². The lowest BCUT2D eigenvalue weighted by Gasteiger charge is -2.39. The Bertz CT molecular complexity index is 526. The van der Waals surface area contributed by atoms with Gasteiger partial charge in [-0.2, -0.15) is 0 Å². The molecule has 2 atom stereocenters. The molecule has 2 aliphatic rings. The Hall–Kier alpha value is -1.79. The van der Waals surface area contributed by atoms with Gasteiger partial charge in [-0.25, -0.2) is 0 Å². The topological polar surface area (TPSA) is 65.0 Å². The molecular formula is C17H25N3O3. The lowest BCUT2D eigenvalue weighted by molar-refractivity contribution is -0.141. The number of hydrogen-bond acceptors (Lipinski definition) is 5. The van der Waals surface area contributed by atoms with Gasteiger partial charge in [0.1, 0.15) is 5.75 Å². The second-order valence-corrected chi connectivity index (χ2v) is 6.20. The molecule has 0 spiro atoms. The van der Waals surface area contributed by atoms with Gasteiger partial charge in [-0.15, -0.1) is 0 Å². The molecular weight excluding hydrogens is 294 g/mol. The first-order valence-electron chi connectivity index (χ1n) is 8.25. The molecule has 6 nitrogen and oxygen atoms in total. The first-order chi connectivity index (χ1) is 11.2. The highest BCUT2D eigenvalue weighted by Crippen LogP contribution is 2.22. The van der Waals surface area contributed by atoms with Crippen molar-refractivity contribution in [1.29, 1.82) is 0 Å². The average molecular weight is 319 g/mol. The molecule has 2 N–H and O–H groups in total. The number of anilines is 1. The molecule has 3 rings (SSSR count). The zero-order valence-corrected chi connectivity index (χ0v) is 13.6. The number of benzene rings is 1. The van der Waals surface area contributed by atoms with E-state index in [0.29, 0.717) is 0 Å². The van der Waals surface area contributed by atoms with Gasteiger partial charge in [0.2, 0.25) is 5.91 Å². The van der Waals surface area contributed by atoms with Gasteiger partial charge >= 0.3 is 0 Å². The number of piperazine rings is 1. The van der Waals surface area contributed by atoms with Gasteiger partial charge in [-0.05, 0) is 37.2 Å². The van der Waals surface area contributed by atoms with Crippen molar-refractivity contribution in [3.05, 3.63) is 24.3 Å². The minimum Gasteiger partial charge on any atom is -0.508 e. The van der Waals surface area contributed by atoms with Crippen LogP contribution in [-0.4, -0.2) is 68.4 Å². The van der Waals surface area contributed by atoms with E-state index >= 15 is 0 Å². The third-order valence-electron chi connectivity index (χ3n) is 4.85. The first kappa shape index (κ1) is 16.1. The number of ether oxygens (including phenoxy) is 1. The molecule has 2 saturated heterocycles. The molecule has 0 aliphatic carbocycles. The van der Waals surface area contributed by atoms with Gasteiger partial charge in [-0.1, -0.05) is 0 Å². The highest BCUT2D eigenvalue weighted by molar-refractivity contribution is 5.80. The monoisotopic (exact) mass is 319 g/mol. The van der Waals surface area contributed by atoms with Crippen molar-refractivity contribution in [1.82, 2.24) is 10.2 Å². The van der Waals surface area contributed by atoms with E-state index in [9.17, 15) is 9.90 Å². The summed E-state index contributed by atoms with van der Waals surface area (Å²) in [6.07, 6.45) is 0.821. The summed E-state index contributed by atoms with van der Waals surface area (Å²) in [5, 5.41) is 12.7. The van der Waals surface area contributed by atoms with Crippen LogP contribution in [0.1, 0.15) is 6.42 Å². The van der Waals surface area contributed by atoms with Crippen LogP contribution >= 0.6 is 0 Å². The van der Waals surface area contributed by atoms with Crippen LogP contribution in [0.15, 0.2) is 24.3 Å². The maximum Gasteiger partial charge on any atom is 0.228 e. The van der Waals surface area contributed by atoms with Gasteiger partial charge in [-0.3, -0.25) is 4.79 Å². The number of piperidine rings is 1. The maximum atomic E-state index is 12.8. The third kappa shape index (κ3) is 3.59. The molecule has 2 unspecified atom stereocenters. The van der Waals surface area contributed by atoms with E-state index in [2.05, 4.69) is 10.2 Å². The molecule has 6 heteroatoms. The number of carbonyl (C=O) groups excluding carboxylic acids is 1. The summed E-state index contributed by atoms with van der Waals surface area (Å²) >= 11 is 0. The van der Waals surface area contributed by atoms with E-state index in [1.165, 1.54) is 0 Å². The van der Waals surface area contributed by atoms with Crippen LogP contribution in [0.2, 0.25) is 0 Å². The Morgan fingerprint density at radius 3 is 2.57 bits per heavy atom. The van der Waals surface area contributed by atoms with Crippen LogP contribution in [0.4, 0.5) is 5.69 Å². The van der Waals surface area contributed by atoms with Crippen molar-refractivity contribution in [2.75, 3.05) is 51.3 Å². The maximum absolute atomic E-state index is 12.8. The van der Waals surface area contributed by atoms with E-state index in [1.807, 2.05) is 17.0 Å². The lowest BCUT2D eigenvalue weighted by Crippen LogP contribution is -2.54. The van der Waals surface area contributed by atoms with Gasteiger partial charge in [0, 0.05) is 45.5 Å². The van der Waals surface area contributed by atoms with Crippen LogP contribution < -0.4 is 10.2 Å². The summed E-state index contributed by atoms with van der Waals surface area (Å²) in [6, 6.07) is 7.23. The smallest absolute Gasteiger partial charge is 0.228 e. The number of phenols is 1. The Balaban J connectivity index is 1.57. The fraction of sp³-hybridized carbons (Fsp3) is 0.588. The standard InChI is InChI=1S/C17H25N3O3/c1-23-16-12-18-7-6-15(16)17(22)20-10-8-19(9-11-20)13-2-4-14(21)5-3-13/h2-5,15-16,18,21H,6-12H2,1H3. The average Bonchev–Trinajstić information content (AvgIpc) is 2.62. The van der Waals surface area contributed by atoms with Crippen LogP contribution in [0.25, 0.3) is 0 Å². The second kappa shape index (κ2) is 7.19. The highest BCUT2D eigenvalue weighted by Gasteiger charge is 2.34. The number of phenolic OH excluding ortho intramolecular Hbond substituents is 1. The van der Waals surface area contributed by atoms with E-state index < -0.39 is 0 Å². The number of nitrogens with zero attached hydrogens (tertiary/aromatic N) is 2. The summed E-state index contributed by atoms with van der Waals surface area (Å²) in [4.78, 5) is 17.0. The molecule has 126 valence electrons. The minimum atomic E-state index is -0.0264. The predicted molar refractivity (Wildman–Crippen MR) is 88.7 cm³/mol. The molecule has 1 aromatic rings. The quantitative estimate of drug-likeness (QED) is 0.857. The normalized spacial score (nSPS) is 25.4. The number of carbonyl (C=O) groups is 1. The Labute approximate surface area is 137 Å². The van der Waals surface area contributed by atoms with E-state index in [0.717, 1.165) is 51.4 Å². The van der Waals surface area contributed by atoms with Crippen molar-refractivity contribution in [2.45, 2.75) is 12.5 Å². The third-order valence-corrected chi connectivity index (χ3v) is 4.85. The zero-order chi connectivity index (χ0) is 16.2. The molecule has 1 amide bonds. The molecule has 0 saturated carbocycles. The fourth-order valence-corrected chi connectivity index (χ4v) is 3.44. The van der Waals surface area contributed by atoms with Crippen molar-refractivity contribution in [3.63, 3.8) is 0 Å². The largest absolute Gasteiger partial charge is 0.508 e. The lowest BCUT2D eigenvalue weighted by atomic mass is 9.93. The fourth-order valence-electron chi connectivity index (χ4n) is 3.44. The van der Waals surface area contributed by atoms with E-state index in [4.69, 9.17) is 4.74 Å². The summed E-state index contributed by atoms with van der Waals surface area (Å²) in [6.45, 7) is 4.74. The molecule has 0 radical (unpaired) electrons. The summed E-state index contributed by atoms with van der Waals surface area (Å²) in [5.74, 6) is 0.476. The summed E-state index contributed by atoms with van der Waals surface area (Å²) in [7, 11) is 1.68. The van der Waals surface area contributed by atoms with Crippen LogP contribution in [-0.2, 0) is 9.53 Å². The molecule has 0 aromatic heterocycles. The minimum absolute atomic E-state index is 0.0219. The number of hydrogen-bond donors (Lipinski definition) is 2. The van der Waals surface area contributed by atoms with Crippen LogP contribution in [0.3, 0.4) is 0 Å². The van der Waals surface area contributed by atoms with Gasteiger partial charge in [0.05, 0.1) is 12.0 Å². The summed E-state index contributed by atoms with van der Waals surface area (Å²) in [5.41, 5.74) is 1.09. The number of nitrogens with one attached hydrogen (secondary N) is 1. The molecule has 2 aliphatic heterocycles. The van der Waals surface area contributed by atoms with Gasteiger partial charge in [0.25, 0.3) is 0 Å². The van der Waals surface area contributed by atoms with Crippen molar-refractivity contribution in [2.24, 2.45) is 5.92 Å². The molecule has 23 heavy (non-hydrogen) atoms. The Morgan fingerprint density at radius 2 is 1.91 bits per heavy atom. The van der Waals surface area contributed by atoms with Gasteiger partial charge < -0.3 is 25.0 Å².